The normalized spacial score (nSPS) is 11.4. The van der Waals surface area contributed by atoms with Crippen LogP contribution in [0.4, 0.5) is 4.39 Å². The molecule has 0 saturated heterocycles. The summed E-state index contributed by atoms with van der Waals surface area (Å²) in [7, 11) is 0. The Kier molecular flexibility index (Phi) is 8.44. The van der Waals surface area contributed by atoms with E-state index in [0.29, 0.717) is 23.4 Å². The average molecular weight is 483 g/mol. The molecule has 1 N–H and O–H groups in total. The third-order valence-electron chi connectivity index (χ3n) is 5.68. The van der Waals surface area contributed by atoms with Gasteiger partial charge in [0.25, 0.3) is 5.91 Å². The van der Waals surface area contributed by atoms with Crippen molar-refractivity contribution < 1.29 is 18.7 Å². The first kappa shape index (κ1) is 24.7. The van der Waals surface area contributed by atoms with E-state index in [1.807, 2.05) is 78.9 Å². The van der Waals surface area contributed by atoms with E-state index in [9.17, 15) is 14.0 Å². The van der Waals surface area contributed by atoms with Crippen LogP contribution in [0.15, 0.2) is 115 Å². The molecule has 0 aliphatic rings. The van der Waals surface area contributed by atoms with Gasteiger partial charge < -0.3 is 15.0 Å². The molecule has 0 heterocycles. The molecule has 0 unspecified atom stereocenters. The number of benzene rings is 4. The van der Waals surface area contributed by atoms with Crippen molar-refractivity contribution in [1.82, 2.24) is 10.2 Å². The summed E-state index contributed by atoms with van der Waals surface area (Å²) in [4.78, 5) is 28.6. The maximum atomic E-state index is 13.6. The number of hydrogen-bond donors (Lipinski definition) is 1. The number of carbonyl (C=O) groups is 2. The molecule has 0 radical (unpaired) electrons. The van der Waals surface area contributed by atoms with E-state index in [0.717, 1.165) is 5.56 Å². The summed E-state index contributed by atoms with van der Waals surface area (Å²) in [6, 6.07) is 32.7. The number of carbonyl (C=O) groups excluding carboxylic acids is 2. The highest BCUT2D eigenvalue weighted by molar-refractivity contribution is 5.89. The molecule has 5 nitrogen and oxygen atoms in total. The van der Waals surface area contributed by atoms with Crippen LogP contribution in [0, 0.1) is 5.82 Å². The van der Waals surface area contributed by atoms with E-state index in [1.54, 1.807) is 24.3 Å². The lowest BCUT2D eigenvalue weighted by atomic mass is 10.0. The maximum absolute atomic E-state index is 13.6. The highest BCUT2D eigenvalue weighted by Gasteiger charge is 2.31. The topological polar surface area (TPSA) is 58.6 Å². The lowest BCUT2D eigenvalue weighted by Gasteiger charge is -2.31. The van der Waals surface area contributed by atoms with Gasteiger partial charge in [0.15, 0.2) is 6.61 Å². The molecule has 4 aromatic rings. The molecule has 4 aromatic carbocycles. The Morgan fingerprint density at radius 1 is 0.750 bits per heavy atom. The fraction of sp³-hybridized carbons (Fsp3) is 0.133. The Balaban J connectivity index is 1.62. The van der Waals surface area contributed by atoms with E-state index in [1.165, 1.54) is 17.0 Å². The third-order valence-corrected chi connectivity index (χ3v) is 5.68. The van der Waals surface area contributed by atoms with Gasteiger partial charge in [0.05, 0.1) is 0 Å². The molecule has 182 valence electrons. The van der Waals surface area contributed by atoms with Crippen molar-refractivity contribution in [2.75, 3.05) is 6.61 Å². The van der Waals surface area contributed by atoms with Gasteiger partial charge in [-0.2, -0.15) is 0 Å². The van der Waals surface area contributed by atoms with E-state index < -0.39 is 6.04 Å². The lowest BCUT2D eigenvalue weighted by Crippen LogP contribution is -2.45. The van der Waals surface area contributed by atoms with Crippen LogP contribution < -0.4 is 10.1 Å². The summed E-state index contributed by atoms with van der Waals surface area (Å²) < 4.78 is 19.3. The van der Waals surface area contributed by atoms with Crippen LogP contribution in [0.5, 0.6) is 5.75 Å². The monoisotopic (exact) mass is 482 g/mol. The number of amides is 2. The van der Waals surface area contributed by atoms with Crippen molar-refractivity contribution in [2.45, 2.75) is 19.1 Å². The molecular weight excluding hydrogens is 455 g/mol. The van der Waals surface area contributed by atoms with E-state index in [4.69, 9.17) is 4.74 Å². The molecule has 2 amide bonds. The number of nitrogens with one attached hydrogen (secondary N) is 1. The summed E-state index contributed by atoms with van der Waals surface area (Å²) >= 11 is 0. The number of rotatable bonds is 10. The maximum Gasteiger partial charge on any atom is 0.261 e. The van der Waals surface area contributed by atoms with Gasteiger partial charge in [0.1, 0.15) is 17.6 Å². The molecule has 0 aliphatic carbocycles. The third kappa shape index (κ3) is 6.79. The number of hydrogen-bond acceptors (Lipinski definition) is 3. The standard InChI is InChI=1S/C30H27FN2O3/c31-26-18-16-24(17-19-26)21-33(28(34)22-36-27-14-8-3-9-15-27)29(25-12-6-2-7-13-25)30(35)32-20-23-10-4-1-5-11-23/h1-19,29H,20-22H2,(H,32,35)/t29-/m0/s1. The van der Waals surface area contributed by atoms with Gasteiger partial charge in [-0.3, -0.25) is 9.59 Å². The number of ether oxygens (including phenoxy) is 1. The van der Waals surface area contributed by atoms with Gasteiger partial charge in [-0.15, -0.1) is 0 Å². The van der Waals surface area contributed by atoms with Gasteiger partial charge >= 0.3 is 0 Å². The zero-order chi connectivity index (χ0) is 25.2. The molecule has 0 bridgehead atoms. The highest BCUT2D eigenvalue weighted by atomic mass is 19.1. The summed E-state index contributed by atoms with van der Waals surface area (Å²) in [5, 5.41) is 2.97. The Morgan fingerprint density at radius 3 is 1.97 bits per heavy atom. The Bertz CT molecular complexity index is 1250. The zero-order valence-corrected chi connectivity index (χ0v) is 19.7. The van der Waals surface area contributed by atoms with E-state index in [2.05, 4.69) is 5.32 Å². The number of para-hydroxylation sites is 1. The van der Waals surface area contributed by atoms with Gasteiger partial charge in [-0.1, -0.05) is 91.0 Å². The van der Waals surface area contributed by atoms with Crippen molar-refractivity contribution in [2.24, 2.45) is 0 Å². The second kappa shape index (κ2) is 12.3. The fourth-order valence-corrected chi connectivity index (χ4v) is 3.84. The van der Waals surface area contributed by atoms with Crippen molar-refractivity contribution >= 4 is 11.8 Å². The van der Waals surface area contributed by atoms with Crippen LogP contribution in [0.2, 0.25) is 0 Å². The van der Waals surface area contributed by atoms with E-state index >= 15 is 0 Å². The lowest BCUT2D eigenvalue weighted by molar-refractivity contribution is -0.143. The van der Waals surface area contributed by atoms with Gasteiger partial charge in [0, 0.05) is 13.1 Å². The minimum absolute atomic E-state index is 0.107. The Hall–Kier alpha value is -4.45. The molecule has 6 heteroatoms. The SMILES string of the molecule is O=C(NCc1ccccc1)[C@H](c1ccccc1)N(Cc1ccc(F)cc1)C(=O)COc1ccccc1. The molecule has 4 rings (SSSR count). The van der Waals surface area contributed by atoms with Gasteiger partial charge in [-0.05, 0) is 41.0 Å². The molecule has 0 spiro atoms. The van der Waals surface area contributed by atoms with Crippen LogP contribution in [0.3, 0.4) is 0 Å². The van der Waals surface area contributed by atoms with E-state index in [-0.39, 0.29) is 30.8 Å². The van der Waals surface area contributed by atoms with Crippen LogP contribution in [0.1, 0.15) is 22.7 Å². The summed E-state index contributed by atoms with van der Waals surface area (Å²) in [6.07, 6.45) is 0. The minimum Gasteiger partial charge on any atom is -0.484 e. The Morgan fingerprint density at radius 2 is 1.33 bits per heavy atom. The highest BCUT2D eigenvalue weighted by Crippen LogP contribution is 2.25. The summed E-state index contributed by atoms with van der Waals surface area (Å²) in [5.41, 5.74) is 2.31. The zero-order valence-electron chi connectivity index (χ0n) is 19.7. The predicted molar refractivity (Wildman–Crippen MR) is 136 cm³/mol. The average Bonchev–Trinajstić information content (AvgIpc) is 2.93. The van der Waals surface area contributed by atoms with Gasteiger partial charge in [0.2, 0.25) is 5.91 Å². The molecule has 36 heavy (non-hydrogen) atoms. The van der Waals surface area contributed by atoms with Crippen molar-refractivity contribution in [1.29, 1.82) is 0 Å². The first-order valence-corrected chi connectivity index (χ1v) is 11.7. The Labute approximate surface area is 210 Å². The van der Waals surface area contributed by atoms with Gasteiger partial charge in [-0.25, -0.2) is 4.39 Å². The summed E-state index contributed by atoms with van der Waals surface area (Å²) in [6.45, 7) is 0.179. The second-order valence-corrected chi connectivity index (χ2v) is 8.27. The second-order valence-electron chi connectivity index (χ2n) is 8.27. The molecule has 0 aromatic heterocycles. The minimum atomic E-state index is -0.910. The fourth-order valence-electron chi connectivity index (χ4n) is 3.84. The summed E-state index contributed by atoms with van der Waals surface area (Å²) in [5.74, 6) is -0.506. The largest absolute Gasteiger partial charge is 0.484 e. The van der Waals surface area contributed by atoms with Crippen LogP contribution in [-0.4, -0.2) is 23.3 Å². The molecule has 0 aliphatic heterocycles. The number of nitrogens with zero attached hydrogens (tertiary/aromatic N) is 1. The van der Waals surface area contributed by atoms with Crippen LogP contribution >= 0.6 is 0 Å². The molecule has 1 atom stereocenters. The molecule has 0 saturated carbocycles. The quantitative estimate of drug-likeness (QED) is 0.334. The number of halogens is 1. The first-order valence-electron chi connectivity index (χ1n) is 11.7. The van der Waals surface area contributed by atoms with Crippen molar-refractivity contribution in [3.63, 3.8) is 0 Å². The van der Waals surface area contributed by atoms with Crippen molar-refractivity contribution in [3.8, 4) is 5.75 Å². The first-order chi connectivity index (χ1) is 17.6. The molecule has 0 fully saturated rings. The smallest absolute Gasteiger partial charge is 0.261 e. The van der Waals surface area contributed by atoms with Crippen LogP contribution in [0.25, 0.3) is 0 Å². The molecular formula is C30H27FN2O3. The van der Waals surface area contributed by atoms with Crippen LogP contribution in [-0.2, 0) is 22.7 Å². The van der Waals surface area contributed by atoms with Crippen molar-refractivity contribution in [3.05, 3.63) is 138 Å². The predicted octanol–water partition coefficient (Wildman–Crippen LogP) is 5.29.